The topological polar surface area (TPSA) is 140 Å². The Morgan fingerprint density at radius 2 is 1.95 bits per heavy atom. The highest BCUT2D eigenvalue weighted by molar-refractivity contribution is 7.99. The first kappa shape index (κ1) is 27.7. The quantitative estimate of drug-likeness (QED) is 0.184. The molecule has 0 unspecified atom stereocenters. The van der Waals surface area contributed by atoms with E-state index in [-0.39, 0.29) is 23.1 Å². The molecular formula is C23H26N8O4S2. The molecule has 2 aromatic heterocycles. The summed E-state index contributed by atoms with van der Waals surface area (Å²) in [6.07, 6.45) is 0.750. The van der Waals surface area contributed by atoms with Crippen LogP contribution in [-0.2, 0) is 11.8 Å². The summed E-state index contributed by atoms with van der Waals surface area (Å²) in [5.41, 5.74) is 0.846. The van der Waals surface area contributed by atoms with Gasteiger partial charge in [-0.25, -0.2) is 9.67 Å². The number of hydrogen-bond acceptors (Lipinski definition) is 10. The van der Waals surface area contributed by atoms with Crippen LogP contribution in [0.4, 0.5) is 10.8 Å². The second-order valence-corrected chi connectivity index (χ2v) is 10.5. The molecule has 0 spiro atoms. The lowest BCUT2D eigenvalue weighted by molar-refractivity contribution is -0.387. The molecule has 14 heteroatoms. The van der Waals surface area contributed by atoms with Gasteiger partial charge in [0, 0.05) is 39.3 Å². The largest absolute Gasteiger partial charge is 0.351 e. The van der Waals surface area contributed by atoms with E-state index in [0.29, 0.717) is 21.7 Å². The molecule has 2 heterocycles. The van der Waals surface area contributed by atoms with Gasteiger partial charge in [0.1, 0.15) is 0 Å². The summed E-state index contributed by atoms with van der Waals surface area (Å²) in [6.45, 7) is 4.45. The van der Waals surface area contributed by atoms with Crippen LogP contribution < -0.4 is 4.90 Å². The number of nitro groups is 1. The molecule has 0 aliphatic carbocycles. The molecule has 37 heavy (non-hydrogen) atoms. The molecule has 0 saturated carbocycles. The number of amides is 2. The van der Waals surface area contributed by atoms with E-state index in [2.05, 4.69) is 20.5 Å². The summed E-state index contributed by atoms with van der Waals surface area (Å²) in [7, 11) is 5.02. The van der Waals surface area contributed by atoms with E-state index in [1.54, 1.807) is 38.2 Å². The Kier molecular flexibility index (Phi) is 9.25. The van der Waals surface area contributed by atoms with Crippen molar-refractivity contribution in [1.82, 2.24) is 30.1 Å². The van der Waals surface area contributed by atoms with Crippen LogP contribution in [0.2, 0.25) is 0 Å². The van der Waals surface area contributed by atoms with Crippen LogP contribution in [0.1, 0.15) is 24.2 Å². The fourth-order valence-electron chi connectivity index (χ4n) is 3.03. The van der Waals surface area contributed by atoms with Crippen LogP contribution in [0.25, 0.3) is 10.2 Å². The second-order valence-electron chi connectivity index (χ2n) is 8.47. The highest BCUT2D eigenvalue weighted by atomic mass is 32.2. The average molecular weight is 543 g/mol. The first-order valence-corrected chi connectivity index (χ1v) is 12.7. The highest BCUT2D eigenvalue weighted by Gasteiger charge is 2.26. The van der Waals surface area contributed by atoms with E-state index in [1.165, 1.54) is 27.0 Å². The number of para-hydroxylation sites is 1. The number of rotatable bonds is 8. The Hall–Kier alpha value is -3.91. The monoisotopic (exact) mass is 542 g/mol. The molecule has 0 atom stereocenters. The average Bonchev–Trinajstić information content (AvgIpc) is 3.48. The molecule has 4 rings (SSSR count). The first-order chi connectivity index (χ1) is 17.6. The summed E-state index contributed by atoms with van der Waals surface area (Å²) in [4.78, 5) is 42.1. The molecular weight excluding hydrogens is 516 g/mol. The number of fused-ring (bicyclic) bond motifs is 1. The second kappa shape index (κ2) is 12.4. The van der Waals surface area contributed by atoms with Crippen LogP contribution in [-0.4, -0.2) is 68.0 Å². The van der Waals surface area contributed by atoms with E-state index in [9.17, 15) is 19.7 Å². The molecule has 194 valence electrons. The number of nitro benzene ring substituents is 1. The van der Waals surface area contributed by atoms with Crippen molar-refractivity contribution in [1.29, 1.82) is 0 Å². The zero-order valence-corrected chi connectivity index (χ0v) is 22.6. The van der Waals surface area contributed by atoms with Crippen molar-refractivity contribution in [2.45, 2.75) is 23.9 Å². The van der Waals surface area contributed by atoms with Gasteiger partial charge in [0.05, 0.1) is 20.0 Å². The molecule has 12 nitrogen and oxygen atoms in total. The number of aromatic nitrogens is 5. The number of nitrogens with zero attached hydrogens (tertiary/aromatic N) is 8. The van der Waals surface area contributed by atoms with E-state index < -0.39 is 4.92 Å². The molecule has 0 N–H and O–H groups in total. The van der Waals surface area contributed by atoms with Gasteiger partial charge in [0.15, 0.2) is 5.13 Å². The summed E-state index contributed by atoms with van der Waals surface area (Å²) < 4.78 is 2.39. The lowest BCUT2D eigenvalue weighted by Crippen LogP contribution is -2.34. The molecule has 0 fully saturated rings. The number of hydrogen-bond donors (Lipinski definition) is 0. The van der Waals surface area contributed by atoms with Gasteiger partial charge in [-0.15, -0.1) is 5.10 Å². The van der Waals surface area contributed by atoms with Gasteiger partial charge in [0.2, 0.25) is 11.6 Å². The lowest BCUT2D eigenvalue weighted by atomic mass is 10.1. The van der Waals surface area contributed by atoms with E-state index in [4.69, 9.17) is 0 Å². The number of carbonyl (C=O) groups is 2. The van der Waals surface area contributed by atoms with Crippen molar-refractivity contribution in [3.8, 4) is 0 Å². The minimum atomic E-state index is -0.507. The number of tetrazole rings is 1. The molecule has 0 saturated heterocycles. The van der Waals surface area contributed by atoms with Gasteiger partial charge in [0.25, 0.3) is 11.6 Å². The molecule has 0 radical (unpaired) electrons. The van der Waals surface area contributed by atoms with Gasteiger partial charge in [-0.05, 0) is 52.4 Å². The zero-order valence-electron chi connectivity index (χ0n) is 20.9. The fourth-order valence-corrected chi connectivity index (χ4v) is 4.82. The third kappa shape index (κ3) is 7.07. The van der Waals surface area contributed by atoms with Crippen LogP contribution in [0.5, 0.6) is 0 Å². The molecule has 2 amide bonds. The van der Waals surface area contributed by atoms with Crippen molar-refractivity contribution < 1.29 is 14.5 Å². The summed E-state index contributed by atoms with van der Waals surface area (Å²) in [5.74, 6) is -0.156. The van der Waals surface area contributed by atoms with Gasteiger partial charge in [-0.1, -0.05) is 37.3 Å². The minimum absolute atomic E-state index is 0.180. The lowest BCUT2D eigenvalue weighted by Gasteiger charge is -2.22. The van der Waals surface area contributed by atoms with Crippen molar-refractivity contribution in [3.05, 3.63) is 58.1 Å². The predicted molar refractivity (Wildman–Crippen MR) is 142 cm³/mol. The van der Waals surface area contributed by atoms with Crippen molar-refractivity contribution in [2.24, 2.45) is 13.0 Å². The Balaban J connectivity index is 0.000000695. The van der Waals surface area contributed by atoms with Gasteiger partial charge in [-0.3, -0.25) is 24.6 Å². The Morgan fingerprint density at radius 3 is 2.51 bits per heavy atom. The maximum Gasteiger partial charge on any atom is 0.284 e. The van der Waals surface area contributed by atoms with Crippen LogP contribution in [0.3, 0.4) is 0 Å². The van der Waals surface area contributed by atoms with E-state index in [1.807, 2.05) is 38.1 Å². The van der Waals surface area contributed by atoms with Gasteiger partial charge < -0.3 is 4.90 Å². The Labute approximate surface area is 221 Å². The number of anilines is 1. The number of benzene rings is 2. The Morgan fingerprint density at radius 1 is 1.24 bits per heavy atom. The third-order valence-electron chi connectivity index (χ3n) is 4.70. The smallest absolute Gasteiger partial charge is 0.284 e. The van der Waals surface area contributed by atoms with Crippen molar-refractivity contribution >= 4 is 56.5 Å². The number of carbonyl (C=O) groups excluding carboxylic acids is 2. The normalized spacial score (nSPS) is 10.6. The van der Waals surface area contributed by atoms with E-state index >= 15 is 0 Å². The molecule has 4 aromatic rings. The minimum Gasteiger partial charge on any atom is -0.351 e. The molecule has 0 aliphatic heterocycles. The molecule has 2 aromatic carbocycles. The first-order valence-electron chi connectivity index (χ1n) is 11.1. The van der Waals surface area contributed by atoms with Gasteiger partial charge >= 0.3 is 0 Å². The fraction of sp³-hybridized carbons (Fsp3) is 0.304. The molecule has 0 bridgehead atoms. The summed E-state index contributed by atoms with van der Waals surface area (Å²) in [6, 6.07) is 12.1. The summed E-state index contributed by atoms with van der Waals surface area (Å²) in [5, 5.41) is 23.8. The highest BCUT2D eigenvalue weighted by Crippen LogP contribution is 2.35. The predicted octanol–water partition coefficient (Wildman–Crippen LogP) is 3.89. The third-order valence-corrected chi connectivity index (χ3v) is 6.86. The summed E-state index contributed by atoms with van der Waals surface area (Å²) >= 11 is 2.48. The maximum atomic E-state index is 13.4. The standard InChI is InChI=1S/C20H19N7O3S2.C3H7NO/c1-12(2)11-26(19-21-14-6-4-5-7-16(14)31-19)18(28)13-8-9-17(15(10-13)27(29)30)32-20-22-23-24-25(20)3;1-4(2)3-5/h4-10,12H,11H2,1-3H3;3H,1-2H3. The van der Waals surface area contributed by atoms with Crippen LogP contribution >= 0.6 is 23.1 Å². The van der Waals surface area contributed by atoms with Crippen molar-refractivity contribution in [3.63, 3.8) is 0 Å². The Bertz CT molecular complexity index is 1370. The SMILES string of the molecule is CC(C)CN(C(=O)c1ccc(Sc2nnnn2C)c([N+](=O)[O-])c1)c1nc2ccccc2s1.CN(C)C=O. The molecule has 0 aliphatic rings. The van der Waals surface area contributed by atoms with Crippen molar-refractivity contribution in [2.75, 3.05) is 25.5 Å². The maximum absolute atomic E-state index is 13.4. The van der Waals surface area contributed by atoms with Crippen LogP contribution in [0, 0.1) is 16.0 Å². The number of aryl methyl sites for hydroxylation is 1. The van der Waals surface area contributed by atoms with Gasteiger partial charge in [-0.2, -0.15) is 0 Å². The van der Waals surface area contributed by atoms with E-state index in [0.717, 1.165) is 28.4 Å². The number of thiazole rings is 1. The zero-order chi connectivity index (χ0) is 27.1. The van der Waals surface area contributed by atoms with Crippen LogP contribution in [0.15, 0.2) is 52.5 Å².